The van der Waals surface area contributed by atoms with Crippen LogP contribution in [0.25, 0.3) is 0 Å². The summed E-state index contributed by atoms with van der Waals surface area (Å²) in [4.78, 5) is 7.47. The Kier molecular flexibility index (Phi) is 6.07. The lowest BCUT2D eigenvalue weighted by Crippen LogP contribution is -2.50. The van der Waals surface area contributed by atoms with Crippen LogP contribution >= 0.6 is 0 Å². The van der Waals surface area contributed by atoms with E-state index in [1.807, 2.05) is 0 Å². The van der Waals surface area contributed by atoms with Gasteiger partial charge in [-0.3, -0.25) is 0 Å². The van der Waals surface area contributed by atoms with Crippen LogP contribution in [0.2, 0.25) is 0 Å². The van der Waals surface area contributed by atoms with Gasteiger partial charge in [0.05, 0.1) is 0 Å². The molecule has 2 heterocycles. The Hall–Kier alpha value is -0.160. The second-order valence-electron chi connectivity index (χ2n) is 6.73. The molecule has 2 saturated heterocycles. The van der Waals surface area contributed by atoms with Crippen LogP contribution in [0.5, 0.6) is 0 Å². The fourth-order valence-electron chi connectivity index (χ4n) is 3.52. The van der Waals surface area contributed by atoms with Crippen molar-refractivity contribution in [3.63, 3.8) is 0 Å². The molecule has 4 heteroatoms. The number of likely N-dealkylation sites (N-methyl/N-ethyl adjacent to an activating group) is 1. The third-order valence-electron chi connectivity index (χ3n) is 4.61. The molecule has 2 unspecified atom stereocenters. The van der Waals surface area contributed by atoms with Crippen LogP contribution in [0.4, 0.5) is 0 Å². The second-order valence-corrected chi connectivity index (χ2v) is 6.73. The van der Waals surface area contributed by atoms with Gasteiger partial charge >= 0.3 is 0 Å². The third kappa shape index (κ3) is 5.38. The van der Waals surface area contributed by atoms with Crippen molar-refractivity contribution in [2.75, 3.05) is 67.0 Å². The number of piperidine rings is 1. The van der Waals surface area contributed by atoms with E-state index < -0.39 is 0 Å². The lowest BCUT2D eigenvalue weighted by molar-refractivity contribution is 0.158. The zero-order valence-electron chi connectivity index (χ0n) is 13.1. The van der Waals surface area contributed by atoms with Gasteiger partial charge in [0, 0.05) is 38.8 Å². The molecule has 0 radical (unpaired) electrons. The Morgan fingerprint density at radius 2 is 1.95 bits per heavy atom. The highest BCUT2D eigenvalue weighted by Gasteiger charge is 2.20. The zero-order chi connectivity index (χ0) is 13.7. The Balaban J connectivity index is 1.62. The first kappa shape index (κ1) is 15.2. The van der Waals surface area contributed by atoms with Gasteiger partial charge in [-0.1, -0.05) is 0 Å². The van der Waals surface area contributed by atoms with Crippen LogP contribution in [0.15, 0.2) is 0 Å². The lowest BCUT2D eigenvalue weighted by Gasteiger charge is -2.34. The molecule has 0 aliphatic carbocycles. The number of hydrogen-bond acceptors (Lipinski definition) is 4. The summed E-state index contributed by atoms with van der Waals surface area (Å²) in [6.07, 6.45) is 4.08. The number of nitrogens with zero attached hydrogens (tertiary/aromatic N) is 3. The van der Waals surface area contributed by atoms with Gasteiger partial charge in [0.25, 0.3) is 0 Å². The molecule has 2 aliphatic rings. The summed E-state index contributed by atoms with van der Waals surface area (Å²) in [6, 6.07) is 0.690. The quantitative estimate of drug-likeness (QED) is 0.786. The van der Waals surface area contributed by atoms with E-state index in [4.69, 9.17) is 0 Å². The molecule has 2 fully saturated rings. The van der Waals surface area contributed by atoms with E-state index in [2.05, 4.69) is 41.2 Å². The zero-order valence-corrected chi connectivity index (χ0v) is 13.1. The van der Waals surface area contributed by atoms with Gasteiger partial charge in [0.1, 0.15) is 0 Å². The van der Waals surface area contributed by atoms with Gasteiger partial charge in [-0.25, -0.2) is 0 Å². The van der Waals surface area contributed by atoms with Gasteiger partial charge < -0.3 is 20.0 Å². The molecule has 0 spiro atoms. The molecule has 112 valence electrons. The molecule has 0 amide bonds. The van der Waals surface area contributed by atoms with Crippen LogP contribution < -0.4 is 5.32 Å². The SMILES string of the molecule is CN1CCCC(CN(C)CCC2CN(C)CCN2)C1. The largest absolute Gasteiger partial charge is 0.311 e. The minimum absolute atomic E-state index is 0.690. The van der Waals surface area contributed by atoms with Gasteiger partial charge in [-0.15, -0.1) is 0 Å². The normalized spacial score (nSPS) is 30.9. The minimum Gasteiger partial charge on any atom is -0.311 e. The summed E-state index contributed by atoms with van der Waals surface area (Å²) in [5, 5.41) is 3.64. The van der Waals surface area contributed by atoms with Crippen LogP contribution in [0.1, 0.15) is 19.3 Å². The molecule has 2 atom stereocenters. The summed E-state index contributed by atoms with van der Waals surface area (Å²) in [6.45, 7) is 8.63. The maximum atomic E-state index is 3.64. The van der Waals surface area contributed by atoms with Crippen molar-refractivity contribution in [1.29, 1.82) is 0 Å². The summed E-state index contributed by atoms with van der Waals surface area (Å²) >= 11 is 0. The molecule has 2 aliphatic heterocycles. The van der Waals surface area contributed by atoms with Crippen molar-refractivity contribution < 1.29 is 0 Å². The number of piperazine rings is 1. The first-order valence-electron chi connectivity index (χ1n) is 7.92. The van der Waals surface area contributed by atoms with Gasteiger partial charge in [0.15, 0.2) is 0 Å². The smallest absolute Gasteiger partial charge is 0.0207 e. The van der Waals surface area contributed by atoms with Crippen molar-refractivity contribution in [1.82, 2.24) is 20.0 Å². The number of likely N-dealkylation sites (tertiary alicyclic amines) is 1. The highest BCUT2D eigenvalue weighted by molar-refractivity contribution is 4.78. The molecular weight excluding hydrogens is 236 g/mol. The molecule has 19 heavy (non-hydrogen) atoms. The lowest BCUT2D eigenvalue weighted by atomic mass is 9.98. The molecule has 4 nitrogen and oxygen atoms in total. The Labute approximate surface area is 119 Å². The summed E-state index contributed by atoms with van der Waals surface area (Å²) in [5.74, 6) is 0.880. The standard InChI is InChI=1S/C15H32N4/c1-17-8-4-5-14(11-17)12-18(2)9-6-15-13-19(3)10-7-16-15/h14-16H,4-13H2,1-3H3. The number of nitrogens with one attached hydrogen (secondary N) is 1. The van der Waals surface area contributed by atoms with Crippen LogP contribution in [-0.4, -0.2) is 87.7 Å². The molecule has 0 bridgehead atoms. The van der Waals surface area contributed by atoms with Crippen LogP contribution in [-0.2, 0) is 0 Å². The maximum Gasteiger partial charge on any atom is 0.0207 e. The van der Waals surface area contributed by atoms with E-state index in [0.717, 1.165) is 12.5 Å². The van der Waals surface area contributed by atoms with E-state index in [-0.39, 0.29) is 0 Å². The van der Waals surface area contributed by atoms with E-state index in [1.54, 1.807) is 0 Å². The fourth-order valence-corrected chi connectivity index (χ4v) is 3.52. The molecular formula is C15H32N4. The average Bonchev–Trinajstić information content (AvgIpc) is 2.36. The second kappa shape index (κ2) is 7.58. The predicted octanol–water partition coefficient (Wildman–Crippen LogP) is 0.554. The highest BCUT2D eigenvalue weighted by atomic mass is 15.2. The Bertz CT molecular complexity index is 259. The summed E-state index contributed by atoms with van der Waals surface area (Å²) < 4.78 is 0. The highest BCUT2D eigenvalue weighted by Crippen LogP contribution is 2.16. The Morgan fingerprint density at radius 1 is 1.16 bits per heavy atom. The Morgan fingerprint density at radius 3 is 2.68 bits per heavy atom. The fraction of sp³-hybridized carbons (Fsp3) is 1.00. The first-order valence-corrected chi connectivity index (χ1v) is 7.92. The summed E-state index contributed by atoms with van der Waals surface area (Å²) in [7, 11) is 6.78. The predicted molar refractivity (Wildman–Crippen MR) is 81.6 cm³/mol. The molecule has 0 aromatic heterocycles. The van der Waals surface area contributed by atoms with Gasteiger partial charge in [0.2, 0.25) is 0 Å². The molecule has 0 saturated carbocycles. The minimum atomic E-state index is 0.690. The summed E-state index contributed by atoms with van der Waals surface area (Å²) in [5.41, 5.74) is 0. The average molecular weight is 268 g/mol. The molecule has 0 aromatic rings. The van der Waals surface area contributed by atoms with E-state index in [0.29, 0.717) is 6.04 Å². The molecule has 0 aromatic carbocycles. The van der Waals surface area contributed by atoms with Crippen molar-refractivity contribution in [2.45, 2.75) is 25.3 Å². The number of hydrogen-bond donors (Lipinski definition) is 1. The van der Waals surface area contributed by atoms with Crippen LogP contribution in [0, 0.1) is 5.92 Å². The van der Waals surface area contributed by atoms with Crippen molar-refractivity contribution in [2.24, 2.45) is 5.92 Å². The van der Waals surface area contributed by atoms with Gasteiger partial charge in [-0.2, -0.15) is 0 Å². The van der Waals surface area contributed by atoms with Crippen molar-refractivity contribution >= 4 is 0 Å². The van der Waals surface area contributed by atoms with Gasteiger partial charge in [-0.05, 0) is 59.4 Å². The third-order valence-corrected chi connectivity index (χ3v) is 4.61. The van der Waals surface area contributed by atoms with E-state index >= 15 is 0 Å². The maximum absolute atomic E-state index is 3.64. The monoisotopic (exact) mass is 268 g/mol. The first-order chi connectivity index (χ1) is 9.13. The molecule has 2 rings (SSSR count). The topological polar surface area (TPSA) is 21.8 Å². The van der Waals surface area contributed by atoms with Crippen molar-refractivity contribution in [3.8, 4) is 0 Å². The molecule has 1 N–H and O–H groups in total. The van der Waals surface area contributed by atoms with Crippen LogP contribution in [0.3, 0.4) is 0 Å². The van der Waals surface area contributed by atoms with Crippen molar-refractivity contribution in [3.05, 3.63) is 0 Å². The van der Waals surface area contributed by atoms with E-state index in [9.17, 15) is 0 Å². The van der Waals surface area contributed by atoms with E-state index in [1.165, 1.54) is 58.5 Å². The number of rotatable bonds is 5.